The van der Waals surface area contributed by atoms with E-state index < -0.39 is 0 Å². The molecular weight excluding hydrogens is 254 g/mol. The summed E-state index contributed by atoms with van der Waals surface area (Å²) >= 11 is 0. The number of nitrogens with zero attached hydrogens (tertiary/aromatic N) is 3. The van der Waals surface area contributed by atoms with Gasteiger partial charge in [-0.1, -0.05) is 6.92 Å². The summed E-state index contributed by atoms with van der Waals surface area (Å²) in [4.78, 5) is 14.3. The highest BCUT2D eigenvalue weighted by Gasteiger charge is 2.37. The number of carbonyl (C=O) groups is 1. The van der Waals surface area contributed by atoms with Gasteiger partial charge in [0.25, 0.3) is 5.91 Å². The lowest BCUT2D eigenvalue weighted by Gasteiger charge is -2.40. The Morgan fingerprint density at radius 2 is 2.25 bits per heavy atom. The first-order valence-corrected chi connectivity index (χ1v) is 6.89. The molecule has 1 saturated heterocycles. The van der Waals surface area contributed by atoms with Crippen LogP contribution < -0.4 is 0 Å². The molecule has 1 fully saturated rings. The van der Waals surface area contributed by atoms with Gasteiger partial charge in [0.2, 0.25) is 0 Å². The van der Waals surface area contributed by atoms with E-state index in [2.05, 4.69) is 34.2 Å². The van der Waals surface area contributed by atoms with E-state index >= 15 is 0 Å². The van der Waals surface area contributed by atoms with Crippen molar-refractivity contribution in [1.82, 2.24) is 25.3 Å². The van der Waals surface area contributed by atoms with Gasteiger partial charge in [0, 0.05) is 30.4 Å². The van der Waals surface area contributed by atoms with Gasteiger partial charge in [-0.3, -0.25) is 15.0 Å². The van der Waals surface area contributed by atoms with Gasteiger partial charge in [0.1, 0.15) is 5.69 Å². The van der Waals surface area contributed by atoms with Crippen LogP contribution in [0.2, 0.25) is 0 Å². The average molecular weight is 273 g/mol. The van der Waals surface area contributed by atoms with E-state index in [1.807, 2.05) is 11.1 Å². The number of rotatable bonds is 2. The number of amides is 1. The van der Waals surface area contributed by atoms with Crippen LogP contribution in [0.1, 0.15) is 41.5 Å². The van der Waals surface area contributed by atoms with Crippen LogP contribution >= 0.6 is 0 Å². The van der Waals surface area contributed by atoms with Gasteiger partial charge in [-0.15, -0.1) is 0 Å². The monoisotopic (exact) mass is 273 g/mol. The Morgan fingerprint density at radius 3 is 2.90 bits per heavy atom. The lowest BCUT2D eigenvalue weighted by molar-refractivity contribution is 0.0641. The first-order valence-electron chi connectivity index (χ1n) is 6.89. The molecule has 3 rings (SSSR count). The van der Waals surface area contributed by atoms with Gasteiger partial charge in [-0.2, -0.15) is 10.2 Å². The molecule has 1 amide bonds. The van der Waals surface area contributed by atoms with Crippen molar-refractivity contribution >= 4 is 5.91 Å². The minimum Gasteiger partial charge on any atom is -0.336 e. The van der Waals surface area contributed by atoms with Crippen LogP contribution in [0, 0.1) is 6.92 Å². The molecule has 2 N–H and O–H groups in total. The first kappa shape index (κ1) is 12.9. The normalized spacial score (nSPS) is 23.0. The second kappa shape index (κ2) is 4.77. The molecule has 0 radical (unpaired) electrons. The lowest BCUT2D eigenvalue weighted by atomic mass is 9.77. The Morgan fingerprint density at radius 1 is 1.40 bits per heavy atom. The Bertz CT molecular complexity index is 603. The van der Waals surface area contributed by atoms with E-state index in [-0.39, 0.29) is 11.3 Å². The topological polar surface area (TPSA) is 77.7 Å². The quantitative estimate of drug-likeness (QED) is 0.873. The van der Waals surface area contributed by atoms with Crippen molar-refractivity contribution in [2.75, 3.05) is 13.1 Å². The lowest BCUT2D eigenvalue weighted by Crippen LogP contribution is -2.47. The van der Waals surface area contributed by atoms with Crippen molar-refractivity contribution in [1.29, 1.82) is 0 Å². The zero-order valence-corrected chi connectivity index (χ0v) is 11.8. The van der Waals surface area contributed by atoms with Crippen LogP contribution in [-0.2, 0) is 5.41 Å². The van der Waals surface area contributed by atoms with E-state index in [0.717, 1.165) is 30.6 Å². The maximum Gasteiger partial charge on any atom is 0.271 e. The number of piperidine rings is 1. The summed E-state index contributed by atoms with van der Waals surface area (Å²) in [6.07, 6.45) is 5.50. The molecule has 0 saturated carbocycles. The predicted molar refractivity (Wildman–Crippen MR) is 74.4 cm³/mol. The minimum atomic E-state index is -0.0610. The molecule has 0 aliphatic carbocycles. The van der Waals surface area contributed by atoms with E-state index in [4.69, 9.17) is 0 Å². The van der Waals surface area contributed by atoms with Gasteiger partial charge >= 0.3 is 0 Å². The third-order valence-electron chi connectivity index (χ3n) is 4.15. The van der Waals surface area contributed by atoms with Crippen molar-refractivity contribution in [3.05, 3.63) is 35.4 Å². The van der Waals surface area contributed by atoms with Gasteiger partial charge in [-0.25, -0.2) is 0 Å². The van der Waals surface area contributed by atoms with E-state index in [1.165, 1.54) is 0 Å². The minimum absolute atomic E-state index is 0.0191. The fraction of sp³-hybridized carbons (Fsp3) is 0.500. The molecule has 0 aromatic carbocycles. The number of likely N-dealkylation sites (tertiary alicyclic amines) is 1. The zero-order valence-electron chi connectivity index (χ0n) is 11.8. The SMILES string of the molecule is Cc1cn[nH]c1C1(C)CCCN(C(=O)c2ccn[nH]2)C1. The van der Waals surface area contributed by atoms with Crippen molar-refractivity contribution in [2.24, 2.45) is 0 Å². The fourth-order valence-electron chi connectivity index (χ4n) is 3.12. The second-order valence-corrected chi connectivity index (χ2v) is 5.79. The number of hydrogen-bond acceptors (Lipinski definition) is 3. The smallest absolute Gasteiger partial charge is 0.271 e. The number of aryl methyl sites for hydroxylation is 1. The summed E-state index contributed by atoms with van der Waals surface area (Å²) < 4.78 is 0. The molecule has 1 aliphatic rings. The Labute approximate surface area is 117 Å². The van der Waals surface area contributed by atoms with Crippen molar-refractivity contribution in [3.8, 4) is 0 Å². The van der Waals surface area contributed by atoms with Crippen LogP contribution in [0.4, 0.5) is 0 Å². The number of H-pyrrole nitrogens is 2. The van der Waals surface area contributed by atoms with Crippen LogP contribution in [0.25, 0.3) is 0 Å². The van der Waals surface area contributed by atoms with Crippen LogP contribution in [0.3, 0.4) is 0 Å². The Hall–Kier alpha value is -2.11. The Balaban J connectivity index is 1.83. The van der Waals surface area contributed by atoms with Gasteiger partial charge in [0.05, 0.1) is 6.20 Å². The number of carbonyl (C=O) groups excluding carboxylic acids is 1. The highest BCUT2D eigenvalue weighted by molar-refractivity contribution is 5.92. The third kappa shape index (κ3) is 2.11. The molecule has 106 valence electrons. The van der Waals surface area contributed by atoms with E-state index in [1.54, 1.807) is 12.3 Å². The molecule has 0 spiro atoms. The van der Waals surface area contributed by atoms with Crippen LogP contribution in [-0.4, -0.2) is 44.3 Å². The van der Waals surface area contributed by atoms with Crippen LogP contribution in [0.5, 0.6) is 0 Å². The summed E-state index contributed by atoms with van der Waals surface area (Å²) in [5, 5.41) is 13.8. The standard InChI is InChI=1S/C14H19N5O/c1-10-8-16-18-12(10)14(2)5-3-7-19(9-14)13(20)11-4-6-15-17-11/h4,6,8H,3,5,7,9H2,1-2H3,(H,15,17)(H,16,18). The Kier molecular flexibility index (Phi) is 3.08. The second-order valence-electron chi connectivity index (χ2n) is 5.79. The molecule has 0 bridgehead atoms. The van der Waals surface area contributed by atoms with Crippen molar-refractivity contribution in [2.45, 2.75) is 32.1 Å². The molecular formula is C14H19N5O. The molecule has 1 aliphatic heterocycles. The van der Waals surface area contributed by atoms with Gasteiger partial charge < -0.3 is 4.90 Å². The zero-order chi connectivity index (χ0) is 14.2. The number of aromatic amines is 2. The van der Waals surface area contributed by atoms with Crippen molar-refractivity contribution in [3.63, 3.8) is 0 Å². The summed E-state index contributed by atoms with van der Waals surface area (Å²) in [5.74, 6) is 0.0191. The molecule has 2 aromatic rings. The number of nitrogens with one attached hydrogen (secondary N) is 2. The molecule has 3 heterocycles. The molecule has 20 heavy (non-hydrogen) atoms. The molecule has 6 heteroatoms. The summed E-state index contributed by atoms with van der Waals surface area (Å²) in [5.41, 5.74) is 2.78. The molecule has 1 unspecified atom stereocenters. The molecule has 1 atom stereocenters. The molecule has 2 aromatic heterocycles. The summed E-state index contributed by atoms with van der Waals surface area (Å²) in [7, 11) is 0. The maximum absolute atomic E-state index is 12.4. The average Bonchev–Trinajstić information content (AvgIpc) is 3.09. The predicted octanol–water partition coefficient (Wildman–Crippen LogP) is 1.64. The molecule has 6 nitrogen and oxygen atoms in total. The maximum atomic E-state index is 12.4. The van der Waals surface area contributed by atoms with Gasteiger partial charge in [0.15, 0.2) is 0 Å². The fourth-order valence-corrected chi connectivity index (χ4v) is 3.12. The number of aromatic nitrogens is 4. The third-order valence-corrected chi connectivity index (χ3v) is 4.15. The van der Waals surface area contributed by atoms with Crippen LogP contribution in [0.15, 0.2) is 18.5 Å². The highest BCUT2D eigenvalue weighted by Crippen LogP contribution is 2.34. The summed E-state index contributed by atoms with van der Waals surface area (Å²) in [6.45, 7) is 5.74. The number of hydrogen-bond donors (Lipinski definition) is 2. The highest BCUT2D eigenvalue weighted by atomic mass is 16.2. The largest absolute Gasteiger partial charge is 0.336 e. The van der Waals surface area contributed by atoms with Gasteiger partial charge in [-0.05, 0) is 31.4 Å². The van der Waals surface area contributed by atoms with Crippen molar-refractivity contribution < 1.29 is 4.79 Å². The summed E-state index contributed by atoms with van der Waals surface area (Å²) in [6, 6.07) is 1.72. The van der Waals surface area contributed by atoms with E-state index in [9.17, 15) is 4.79 Å². The first-order chi connectivity index (χ1) is 9.60. The van der Waals surface area contributed by atoms with E-state index in [0.29, 0.717) is 12.2 Å².